The van der Waals surface area contributed by atoms with Crippen LogP contribution in [0.1, 0.15) is 11.1 Å². The fourth-order valence-corrected chi connectivity index (χ4v) is 3.59. The van der Waals surface area contributed by atoms with Crippen LogP contribution in [0.3, 0.4) is 0 Å². The fraction of sp³-hybridized carbons (Fsp3) is 0.167. The molecule has 33 heavy (non-hydrogen) atoms. The molecule has 2 heterocycles. The number of nitrogens with one attached hydrogen (secondary N) is 2. The van der Waals surface area contributed by atoms with Crippen molar-refractivity contribution in [2.24, 2.45) is 0 Å². The summed E-state index contributed by atoms with van der Waals surface area (Å²) in [5.74, 6) is -0.114. The summed E-state index contributed by atoms with van der Waals surface area (Å²) in [4.78, 5) is 21.3. The van der Waals surface area contributed by atoms with Gasteiger partial charge in [-0.2, -0.15) is 13.2 Å². The van der Waals surface area contributed by atoms with Gasteiger partial charge in [-0.1, -0.05) is 17.7 Å². The Labute approximate surface area is 186 Å². The van der Waals surface area contributed by atoms with Gasteiger partial charge in [0.1, 0.15) is 11.6 Å². The molecule has 0 aliphatic heterocycles. The summed E-state index contributed by atoms with van der Waals surface area (Å²) in [6, 6.07) is 10.9. The highest BCUT2D eigenvalue weighted by Crippen LogP contribution is 2.35. The first-order valence-corrected chi connectivity index (χ1v) is 9.99. The number of aryl methyl sites for hydroxylation is 1. The van der Waals surface area contributed by atoms with Crippen LogP contribution in [0.4, 0.5) is 34.8 Å². The zero-order valence-electron chi connectivity index (χ0n) is 18.0. The quantitative estimate of drug-likeness (QED) is 0.377. The molecule has 0 spiro atoms. The number of halogens is 4. The number of anilines is 3. The van der Waals surface area contributed by atoms with E-state index >= 15 is 0 Å². The van der Waals surface area contributed by atoms with Gasteiger partial charge in [-0.15, -0.1) is 0 Å². The van der Waals surface area contributed by atoms with Crippen LogP contribution in [0.5, 0.6) is 0 Å². The van der Waals surface area contributed by atoms with Crippen LogP contribution in [0.25, 0.3) is 22.0 Å². The Morgan fingerprint density at radius 3 is 2.42 bits per heavy atom. The third-order valence-corrected chi connectivity index (χ3v) is 5.22. The minimum Gasteiger partial charge on any atom is -0.362 e. The van der Waals surface area contributed by atoms with Gasteiger partial charge in [0.15, 0.2) is 0 Å². The first kappa shape index (κ1) is 22.3. The van der Waals surface area contributed by atoms with Crippen LogP contribution in [-0.4, -0.2) is 24.1 Å². The summed E-state index contributed by atoms with van der Waals surface area (Å²) in [5.41, 5.74) is 0.898. The summed E-state index contributed by atoms with van der Waals surface area (Å²) in [6.07, 6.45) is -3.09. The highest BCUT2D eigenvalue weighted by atomic mass is 19.4. The van der Waals surface area contributed by atoms with Crippen LogP contribution in [0.15, 0.2) is 59.5 Å². The number of nitrogens with zero attached hydrogens (tertiary/aromatic N) is 2. The predicted molar refractivity (Wildman–Crippen MR) is 122 cm³/mol. The molecule has 2 aromatic carbocycles. The van der Waals surface area contributed by atoms with Crippen molar-refractivity contribution in [1.29, 1.82) is 0 Å². The molecule has 0 fully saturated rings. The van der Waals surface area contributed by atoms with Crippen molar-refractivity contribution in [1.82, 2.24) is 9.97 Å². The van der Waals surface area contributed by atoms with Crippen molar-refractivity contribution < 1.29 is 17.6 Å². The molecule has 0 aliphatic carbocycles. The van der Waals surface area contributed by atoms with E-state index in [1.807, 2.05) is 0 Å². The van der Waals surface area contributed by atoms with E-state index in [1.54, 1.807) is 44.1 Å². The summed E-state index contributed by atoms with van der Waals surface area (Å²) in [7, 11) is 3.45. The summed E-state index contributed by atoms with van der Waals surface area (Å²) in [6.45, 7) is 1.79. The molecule has 0 saturated heterocycles. The number of alkyl halides is 3. The number of aromatic amines is 1. The Morgan fingerprint density at radius 1 is 0.970 bits per heavy atom. The molecule has 9 heteroatoms. The van der Waals surface area contributed by atoms with Gasteiger partial charge in [0, 0.05) is 36.9 Å². The molecular weight excluding hydrogens is 436 g/mol. The molecule has 0 bridgehead atoms. The van der Waals surface area contributed by atoms with Crippen molar-refractivity contribution in [3.05, 3.63) is 82.0 Å². The molecule has 0 unspecified atom stereocenters. The lowest BCUT2D eigenvalue weighted by atomic mass is 10.0. The number of rotatable bonds is 4. The first-order valence-electron chi connectivity index (χ1n) is 9.99. The average Bonchev–Trinajstić information content (AvgIpc) is 2.75. The maximum atomic E-state index is 14.5. The Kier molecular flexibility index (Phi) is 5.57. The van der Waals surface area contributed by atoms with E-state index < -0.39 is 23.1 Å². The summed E-state index contributed by atoms with van der Waals surface area (Å²) in [5, 5.41) is 3.63. The molecule has 170 valence electrons. The van der Waals surface area contributed by atoms with Gasteiger partial charge in [0.05, 0.1) is 22.3 Å². The number of benzene rings is 2. The highest BCUT2D eigenvalue weighted by Gasteiger charge is 2.30. The maximum Gasteiger partial charge on any atom is 0.416 e. The zero-order valence-corrected chi connectivity index (χ0v) is 18.0. The van der Waals surface area contributed by atoms with Gasteiger partial charge in [0.2, 0.25) is 0 Å². The molecule has 0 radical (unpaired) electrons. The van der Waals surface area contributed by atoms with Gasteiger partial charge in [-0.05, 0) is 43.3 Å². The molecule has 2 N–H and O–H groups in total. The van der Waals surface area contributed by atoms with E-state index in [2.05, 4.69) is 15.3 Å². The van der Waals surface area contributed by atoms with Crippen molar-refractivity contribution >= 4 is 28.1 Å². The third-order valence-electron chi connectivity index (χ3n) is 5.22. The van der Waals surface area contributed by atoms with Gasteiger partial charge < -0.3 is 15.2 Å². The number of fused-ring (bicyclic) bond motifs is 1. The molecule has 2 aromatic heterocycles. The largest absolute Gasteiger partial charge is 0.416 e. The van der Waals surface area contributed by atoms with E-state index in [9.17, 15) is 22.4 Å². The van der Waals surface area contributed by atoms with Crippen molar-refractivity contribution in [3.8, 4) is 11.1 Å². The number of hydrogen-bond acceptors (Lipinski definition) is 4. The fourth-order valence-electron chi connectivity index (χ4n) is 3.59. The SMILES string of the molecule is Cc1ccc(F)c(-c2cc(Nc3ccnc4cc(C(F)(F)F)ccc34)c(N(C)C)[nH]c2=O)c1. The lowest BCUT2D eigenvalue weighted by molar-refractivity contribution is -0.137. The van der Waals surface area contributed by atoms with E-state index in [0.29, 0.717) is 22.6 Å². The molecule has 5 nitrogen and oxygen atoms in total. The van der Waals surface area contributed by atoms with Gasteiger partial charge >= 0.3 is 6.18 Å². The van der Waals surface area contributed by atoms with Crippen molar-refractivity contribution in [2.75, 3.05) is 24.3 Å². The Hall–Kier alpha value is -3.88. The van der Waals surface area contributed by atoms with Gasteiger partial charge in [-0.3, -0.25) is 9.78 Å². The zero-order chi connectivity index (χ0) is 23.9. The molecule has 0 aliphatic rings. The van der Waals surface area contributed by atoms with Crippen LogP contribution >= 0.6 is 0 Å². The molecule has 0 amide bonds. The normalized spacial score (nSPS) is 11.6. The van der Waals surface area contributed by atoms with Crippen molar-refractivity contribution in [3.63, 3.8) is 0 Å². The molecular formula is C24H20F4N4O. The second-order valence-corrected chi connectivity index (χ2v) is 7.87. The van der Waals surface area contributed by atoms with Crippen LogP contribution in [-0.2, 0) is 6.18 Å². The molecule has 4 aromatic rings. The lowest BCUT2D eigenvalue weighted by Crippen LogP contribution is -2.20. The van der Waals surface area contributed by atoms with Gasteiger partial charge in [-0.25, -0.2) is 4.39 Å². The van der Waals surface area contributed by atoms with Crippen LogP contribution in [0.2, 0.25) is 0 Å². The number of pyridine rings is 2. The number of aromatic nitrogens is 2. The minimum absolute atomic E-state index is 0.127. The summed E-state index contributed by atoms with van der Waals surface area (Å²) >= 11 is 0. The molecule has 0 saturated carbocycles. The first-order chi connectivity index (χ1) is 15.5. The topological polar surface area (TPSA) is 61.0 Å². The maximum absolute atomic E-state index is 14.5. The predicted octanol–water partition coefficient (Wildman–Crippen LogP) is 5.87. The van der Waals surface area contributed by atoms with Gasteiger partial charge in [0.25, 0.3) is 5.56 Å². The Bertz CT molecular complexity index is 1410. The number of hydrogen-bond donors (Lipinski definition) is 2. The van der Waals surface area contributed by atoms with E-state index in [4.69, 9.17) is 0 Å². The van der Waals surface area contributed by atoms with Crippen LogP contribution < -0.4 is 15.8 Å². The highest BCUT2D eigenvalue weighted by molar-refractivity contribution is 5.94. The summed E-state index contributed by atoms with van der Waals surface area (Å²) < 4.78 is 53.8. The molecule has 0 atom stereocenters. The smallest absolute Gasteiger partial charge is 0.362 e. The van der Waals surface area contributed by atoms with E-state index in [0.717, 1.165) is 17.7 Å². The van der Waals surface area contributed by atoms with E-state index in [1.165, 1.54) is 24.4 Å². The number of H-pyrrole nitrogens is 1. The van der Waals surface area contributed by atoms with E-state index in [-0.39, 0.29) is 16.6 Å². The average molecular weight is 456 g/mol. The monoisotopic (exact) mass is 456 g/mol. The van der Waals surface area contributed by atoms with Crippen LogP contribution in [0, 0.1) is 12.7 Å². The third kappa shape index (κ3) is 4.39. The standard InChI is InChI=1S/C24H20F4N4O/c1-13-4-7-18(25)16(10-13)17-12-21(22(32(2)3)31-23(17)33)30-19-8-9-29-20-11-14(24(26,27)28)5-6-15(19)20/h4-12H,1-3H3,(H,29,30)(H,31,33). The lowest BCUT2D eigenvalue weighted by Gasteiger charge is -2.20. The van der Waals surface area contributed by atoms with Crippen molar-refractivity contribution in [2.45, 2.75) is 13.1 Å². The second-order valence-electron chi connectivity index (χ2n) is 7.87. The second kappa shape index (κ2) is 8.23. The Morgan fingerprint density at radius 2 is 1.73 bits per heavy atom. The Balaban J connectivity index is 1.86. The molecule has 4 rings (SSSR count). The minimum atomic E-state index is -4.48.